The van der Waals surface area contributed by atoms with Gasteiger partial charge in [0.05, 0.1) is 17.5 Å². The van der Waals surface area contributed by atoms with Gasteiger partial charge in [0.2, 0.25) is 0 Å². The number of pyridine rings is 2. The van der Waals surface area contributed by atoms with Crippen LogP contribution < -0.4 is 5.32 Å². The van der Waals surface area contributed by atoms with Crippen LogP contribution in [0.4, 0.5) is 10.2 Å². The van der Waals surface area contributed by atoms with Gasteiger partial charge in [-0.2, -0.15) is 5.10 Å². The highest BCUT2D eigenvalue weighted by molar-refractivity contribution is 6.08. The first-order valence-electron chi connectivity index (χ1n) is 7.36. The van der Waals surface area contributed by atoms with Crippen LogP contribution in [-0.2, 0) is 7.05 Å². The van der Waals surface area contributed by atoms with Crippen molar-refractivity contribution in [3.63, 3.8) is 0 Å². The Morgan fingerprint density at radius 3 is 2.88 bits per heavy atom. The van der Waals surface area contributed by atoms with Crippen molar-refractivity contribution in [1.29, 1.82) is 0 Å². The van der Waals surface area contributed by atoms with Crippen molar-refractivity contribution >= 4 is 17.4 Å². The van der Waals surface area contributed by atoms with Gasteiger partial charge in [-0.1, -0.05) is 0 Å². The summed E-state index contributed by atoms with van der Waals surface area (Å²) in [6.45, 7) is 0. The van der Waals surface area contributed by atoms with Gasteiger partial charge < -0.3 is 5.32 Å². The van der Waals surface area contributed by atoms with Gasteiger partial charge in [-0.05, 0) is 24.3 Å². The highest BCUT2D eigenvalue weighted by atomic mass is 19.1. The van der Waals surface area contributed by atoms with Gasteiger partial charge >= 0.3 is 0 Å². The van der Waals surface area contributed by atoms with Gasteiger partial charge in [0.1, 0.15) is 18.0 Å². The van der Waals surface area contributed by atoms with Crippen LogP contribution in [0.3, 0.4) is 0 Å². The van der Waals surface area contributed by atoms with E-state index in [0.29, 0.717) is 11.2 Å². The number of carbonyl (C=O) groups is 1. The molecule has 0 aliphatic rings. The summed E-state index contributed by atoms with van der Waals surface area (Å²) >= 11 is 0. The maximum absolute atomic E-state index is 13.0. The van der Waals surface area contributed by atoms with E-state index < -0.39 is 11.7 Å². The molecule has 0 saturated heterocycles. The first-order valence-corrected chi connectivity index (χ1v) is 7.36. The second kappa shape index (κ2) is 5.78. The third-order valence-electron chi connectivity index (χ3n) is 3.72. The fraction of sp³-hybridized carbons (Fsp3) is 0.0625. The molecule has 0 aliphatic carbocycles. The van der Waals surface area contributed by atoms with Crippen LogP contribution in [0.25, 0.3) is 16.9 Å². The fourth-order valence-corrected chi connectivity index (χ4v) is 2.53. The zero-order valence-corrected chi connectivity index (χ0v) is 13.1. The summed E-state index contributed by atoms with van der Waals surface area (Å²) in [5.74, 6) is -0.646. The number of aryl methyl sites for hydroxylation is 1. The molecule has 1 amide bonds. The molecule has 0 radical (unpaired) electrons. The lowest BCUT2D eigenvalue weighted by Crippen LogP contribution is -2.15. The number of carbonyl (C=O) groups excluding carboxylic acids is 1. The van der Waals surface area contributed by atoms with Crippen molar-refractivity contribution in [2.75, 3.05) is 5.32 Å². The second-order valence-electron chi connectivity index (χ2n) is 5.36. The molecule has 0 spiro atoms. The molecule has 0 saturated carbocycles. The average molecular weight is 337 g/mol. The predicted molar refractivity (Wildman–Crippen MR) is 87.3 cm³/mol. The SMILES string of the molecule is Cn1nccc1-c1cc(C(=O)Nc2ccc(F)cn2)c2nncn2c1. The Labute approximate surface area is 141 Å². The van der Waals surface area contributed by atoms with Crippen LogP contribution in [0.1, 0.15) is 10.4 Å². The number of halogens is 1. The number of nitrogens with one attached hydrogen (secondary N) is 1. The van der Waals surface area contributed by atoms with Crippen LogP contribution in [0.2, 0.25) is 0 Å². The Morgan fingerprint density at radius 1 is 1.28 bits per heavy atom. The Kier molecular flexibility index (Phi) is 3.46. The molecule has 4 aromatic heterocycles. The summed E-state index contributed by atoms with van der Waals surface area (Å²) in [6, 6.07) is 6.16. The molecular formula is C16H12FN7O. The van der Waals surface area contributed by atoms with Gasteiger partial charge in [-0.15, -0.1) is 10.2 Å². The lowest BCUT2D eigenvalue weighted by molar-refractivity contribution is 0.102. The third-order valence-corrected chi connectivity index (χ3v) is 3.72. The van der Waals surface area contributed by atoms with E-state index in [2.05, 4.69) is 25.6 Å². The molecule has 25 heavy (non-hydrogen) atoms. The van der Waals surface area contributed by atoms with E-state index in [1.54, 1.807) is 21.3 Å². The lowest BCUT2D eigenvalue weighted by atomic mass is 10.1. The molecule has 0 atom stereocenters. The number of fused-ring (bicyclic) bond motifs is 1. The summed E-state index contributed by atoms with van der Waals surface area (Å²) in [7, 11) is 1.81. The molecule has 0 unspecified atom stereocenters. The number of anilines is 1. The minimum Gasteiger partial charge on any atom is -0.306 e. The van der Waals surface area contributed by atoms with E-state index in [4.69, 9.17) is 0 Å². The van der Waals surface area contributed by atoms with Crippen molar-refractivity contribution in [3.8, 4) is 11.3 Å². The molecule has 124 valence electrons. The zero-order chi connectivity index (χ0) is 17.4. The predicted octanol–water partition coefficient (Wildman–Crippen LogP) is 1.92. The second-order valence-corrected chi connectivity index (χ2v) is 5.36. The molecule has 0 aromatic carbocycles. The minimum absolute atomic E-state index is 0.245. The smallest absolute Gasteiger partial charge is 0.260 e. The number of nitrogens with zero attached hydrogens (tertiary/aromatic N) is 6. The summed E-state index contributed by atoms with van der Waals surface area (Å²) in [5.41, 5.74) is 2.35. The Bertz CT molecular complexity index is 1070. The molecule has 0 aliphatic heterocycles. The summed E-state index contributed by atoms with van der Waals surface area (Å²) in [4.78, 5) is 16.5. The zero-order valence-electron chi connectivity index (χ0n) is 13.1. The van der Waals surface area contributed by atoms with Crippen molar-refractivity contribution in [2.24, 2.45) is 7.05 Å². The number of amides is 1. The quantitative estimate of drug-likeness (QED) is 0.617. The molecule has 4 aromatic rings. The van der Waals surface area contributed by atoms with Gasteiger partial charge in [0, 0.05) is 25.0 Å². The van der Waals surface area contributed by atoms with Crippen molar-refractivity contribution < 1.29 is 9.18 Å². The molecule has 0 bridgehead atoms. The molecule has 9 heteroatoms. The minimum atomic E-state index is -0.476. The molecule has 4 rings (SSSR count). The standard InChI is InChI=1S/C16H12FN7O/c1-23-13(4-5-20-23)10-6-12(15-22-19-9-24(15)8-10)16(25)21-14-3-2-11(17)7-18-14/h2-9H,1H3,(H,18,21,25). The highest BCUT2D eigenvalue weighted by Gasteiger charge is 2.16. The van der Waals surface area contributed by atoms with Crippen molar-refractivity contribution in [3.05, 3.63) is 60.6 Å². The van der Waals surface area contributed by atoms with Gasteiger partial charge in [-0.3, -0.25) is 13.9 Å². The maximum atomic E-state index is 13.0. The van der Waals surface area contributed by atoms with Crippen LogP contribution in [0.5, 0.6) is 0 Å². The number of hydrogen-bond acceptors (Lipinski definition) is 5. The van der Waals surface area contributed by atoms with E-state index in [-0.39, 0.29) is 5.82 Å². The van der Waals surface area contributed by atoms with E-state index in [0.717, 1.165) is 17.5 Å². The van der Waals surface area contributed by atoms with Crippen molar-refractivity contribution in [2.45, 2.75) is 0 Å². The first-order chi connectivity index (χ1) is 12.1. The lowest BCUT2D eigenvalue weighted by Gasteiger charge is -2.09. The van der Waals surface area contributed by atoms with Crippen LogP contribution in [0, 0.1) is 5.82 Å². The average Bonchev–Trinajstić information content (AvgIpc) is 3.24. The monoisotopic (exact) mass is 337 g/mol. The summed E-state index contributed by atoms with van der Waals surface area (Å²) in [6.07, 6.45) is 6.05. The Hall–Kier alpha value is -3.62. The Balaban J connectivity index is 1.77. The topological polar surface area (TPSA) is 90.0 Å². The molecule has 4 heterocycles. The normalized spacial score (nSPS) is 11.0. The summed E-state index contributed by atoms with van der Waals surface area (Å²) in [5, 5.41) is 14.6. The largest absolute Gasteiger partial charge is 0.306 e. The Morgan fingerprint density at radius 2 is 2.16 bits per heavy atom. The molecule has 0 fully saturated rings. The van der Waals surface area contributed by atoms with Crippen molar-refractivity contribution in [1.82, 2.24) is 29.4 Å². The first kappa shape index (κ1) is 14.9. The van der Waals surface area contributed by atoms with E-state index in [9.17, 15) is 9.18 Å². The number of hydrogen-bond donors (Lipinski definition) is 1. The molecule has 8 nitrogen and oxygen atoms in total. The highest BCUT2D eigenvalue weighted by Crippen LogP contribution is 2.22. The van der Waals surface area contributed by atoms with Crippen LogP contribution in [-0.4, -0.2) is 35.3 Å². The van der Waals surface area contributed by atoms with Crippen LogP contribution >= 0.6 is 0 Å². The number of aromatic nitrogens is 6. The van der Waals surface area contributed by atoms with E-state index >= 15 is 0 Å². The van der Waals surface area contributed by atoms with E-state index in [1.165, 1.54) is 18.5 Å². The number of rotatable bonds is 3. The molecule has 1 N–H and O–H groups in total. The van der Waals surface area contributed by atoms with Crippen LogP contribution in [0.15, 0.2) is 49.2 Å². The van der Waals surface area contributed by atoms with Gasteiger partial charge in [-0.25, -0.2) is 9.37 Å². The third kappa shape index (κ3) is 2.71. The van der Waals surface area contributed by atoms with E-state index in [1.807, 2.05) is 19.3 Å². The van der Waals surface area contributed by atoms with Gasteiger partial charge in [0.25, 0.3) is 5.91 Å². The summed E-state index contributed by atoms with van der Waals surface area (Å²) < 4.78 is 16.3. The fourth-order valence-electron chi connectivity index (χ4n) is 2.53. The maximum Gasteiger partial charge on any atom is 0.260 e. The molecular weight excluding hydrogens is 325 g/mol. The van der Waals surface area contributed by atoms with Gasteiger partial charge in [0.15, 0.2) is 5.65 Å².